The minimum absolute atomic E-state index is 0.00263. The van der Waals surface area contributed by atoms with Crippen LogP contribution in [0.2, 0.25) is 0 Å². The van der Waals surface area contributed by atoms with Gasteiger partial charge in [-0.3, -0.25) is 18.9 Å². The maximum Gasteiger partial charge on any atom is 0.271 e. The molecule has 4 rings (SSSR count). The van der Waals surface area contributed by atoms with Gasteiger partial charge in [0.05, 0.1) is 6.54 Å². The van der Waals surface area contributed by atoms with Crippen LogP contribution < -0.4 is 10.9 Å². The molecule has 1 saturated heterocycles. The van der Waals surface area contributed by atoms with Crippen molar-refractivity contribution in [2.75, 3.05) is 13.1 Å². The van der Waals surface area contributed by atoms with Crippen molar-refractivity contribution < 1.29 is 4.79 Å². The standard InChI is InChI=1S/C18H22N6O2S/c1-22-7-5-19-15(22)12-23-6-3-2-4-13(11-23)21-16(25)14-10-20-18-24(17(14)26)8-9-27-18/h5,7-10,13H,2-4,6,11-12H2,1H3,(H,21,25)/t13-/m0/s1. The van der Waals surface area contributed by atoms with Crippen LogP contribution in [0.1, 0.15) is 35.4 Å². The number of hydrogen-bond donors (Lipinski definition) is 1. The van der Waals surface area contributed by atoms with Crippen LogP contribution in [0.15, 0.2) is 35.0 Å². The van der Waals surface area contributed by atoms with Gasteiger partial charge in [-0.15, -0.1) is 11.3 Å². The van der Waals surface area contributed by atoms with Gasteiger partial charge in [-0.2, -0.15) is 0 Å². The highest BCUT2D eigenvalue weighted by Gasteiger charge is 2.23. The lowest BCUT2D eigenvalue weighted by Gasteiger charge is -2.24. The number of fused-ring (bicyclic) bond motifs is 1. The number of carbonyl (C=O) groups is 1. The summed E-state index contributed by atoms with van der Waals surface area (Å²) < 4.78 is 3.43. The summed E-state index contributed by atoms with van der Waals surface area (Å²) in [5.41, 5.74) is -0.233. The minimum atomic E-state index is -0.350. The van der Waals surface area contributed by atoms with E-state index in [1.54, 1.807) is 17.8 Å². The predicted octanol–water partition coefficient (Wildman–Crippen LogP) is 1.27. The Hall–Kier alpha value is -2.52. The molecule has 1 aliphatic rings. The first kappa shape index (κ1) is 17.9. The van der Waals surface area contributed by atoms with Crippen LogP contribution in [0.3, 0.4) is 0 Å². The predicted molar refractivity (Wildman–Crippen MR) is 103 cm³/mol. The summed E-state index contributed by atoms with van der Waals surface area (Å²) in [5.74, 6) is 0.657. The Bertz CT molecular complexity index is 1010. The molecule has 0 radical (unpaired) electrons. The van der Waals surface area contributed by atoms with Crippen LogP contribution in [0, 0.1) is 0 Å². The van der Waals surface area contributed by atoms with E-state index in [0.29, 0.717) is 4.96 Å². The fourth-order valence-corrected chi connectivity index (χ4v) is 4.15. The van der Waals surface area contributed by atoms with E-state index in [9.17, 15) is 9.59 Å². The van der Waals surface area contributed by atoms with Gasteiger partial charge in [0.15, 0.2) is 4.96 Å². The molecule has 3 aromatic rings. The van der Waals surface area contributed by atoms with Gasteiger partial charge < -0.3 is 9.88 Å². The van der Waals surface area contributed by atoms with Crippen molar-refractivity contribution >= 4 is 22.2 Å². The summed E-state index contributed by atoms with van der Waals surface area (Å²) >= 11 is 1.37. The average Bonchev–Trinajstić information content (AvgIpc) is 3.22. The second-order valence-electron chi connectivity index (χ2n) is 6.89. The number of carbonyl (C=O) groups excluding carboxylic acids is 1. The summed E-state index contributed by atoms with van der Waals surface area (Å²) in [5, 5.41) is 4.82. The summed E-state index contributed by atoms with van der Waals surface area (Å²) in [6.45, 7) is 2.47. The van der Waals surface area contributed by atoms with Gasteiger partial charge in [0.25, 0.3) is 11.5 Å². The Morgan fingerprint density at radius 1 is 1.33 bits per heavy atom. The van der Waals surface area contributed by atoms with E-state index in [-0.39, 0.29) is 23.1 Å². The molecule has 142 valence electrons. The number of hydrogen-bond acceptors (Lipinski definition) is 6. The number of amides is 1. The van der Waals surface area contributed by atoms with Gasteiger partial charge in [-0.1, -0.05) is 6.42 Å². The van der Waals surface area contributed by atoms with Crippen molar-refractivity contribution in [3.8, 4) is 0 Å². The van der Waals surface area contributed by atoms with E-state index in [0.717, 1.165) is 44.7 Å². The fraction of sp³-hybridized carbons (Fsp3) is 0.444. The van der Waals surface area contributed by atoms with Crippen molar-refractivity contribution in [3.63, 3.8) is 0 Å². The molecule has 1 N–H and O–H groups in total. The second kappa shape index (κ2) is 7.61. The highest BCUT2D eigenvalue weighted by molar-refractivity contribution is 7.15. The third-order valence-corrected chi connectivity index (χ3v) is 5.73. The highest BCUT2D eigenvalue weighted by Crippen LogP contribution is 2.14. The van der Waals surface area contributed by atoms with Gasteiger partial charge in [0.1, 0.15) is 11.4 Å². The maximum absolute atomic E-state index is 12.7. The summed E-state index contributed by atoms with van der Waals surface area (Å²) in [6.07, 6.45) is 9.79. The molecule has 0 aromatic carbocycles. The van der Waals surface area contributed by atoms with Crippen LogP contribution in [-0.4, -0.2) is 48.9 Å². The molecular formula is C18H22N6O2S. The zero-order valence-electron chi connectivity index (χ0n) is 15.2. The van der Waals surface area contributed by atoms with E-state index in [2.05, 4.69) is 20.2 Å². The molecule has 1 amide bonds. The van der Waals surface area contributed by atoms with E-state index in [1.807, 2.05) is 17.8 Å². The van der Waals surface area contributed by atoms with Crippen LogP contribution in [0.5, 0.6) is 0 Å². The Morgan fingerprint density at radius 3 is 3.04 bits per heavy atom. The molecule has 1 aliphatic heterocycles. The smallest absolute Gasteiger partial charge is 0.271 e. The van der Waals surface area contributed by atoms with Gasteiger partial charge in [-0.05, 0) is 19.4 Å². The largest absolute Gasteiger partial charge is 0.348 e. The SMILES string of the molecule is Cn1ccnc1CN1CCCC[C@H](NC(=O)c2cnc3sccn3c2=O)C1. The molecule has 3 aromatic heterocycles. The molecule has 8 nitrogen and oxygen atoms in total. The number of nitrogens with zero attached hydrogens (tertiary/aromatic N) is 5. The first-order chi connectivity index (χ1) is 13.1. The number of imidazole rings is 1. The quantitative estimate of drug-likeness (QED) is 0.730. The summed E-state index contributed by atoms with van der Waals surface area (Å²) in [7, 11) is 1.99. The molecular weight excluding hydrogens is 364 g/mol. The highest BCUT2D eigenvalue weighted by atomic mass is 32.1. The van der Waals surface area contributed by atoms with Crippen molar-refractivity contribution in [2.45, 2.75) is 31.8 Å². The van der Waals surface area contributed by atoms with E-state index < -0.39 is 0 Å². The van der Waals surface area contributed by atoms with Gasteiger partial charge in [0.2, 0.25) is 0 Å². The Morgan fingerprint density at radius 2 is 2.22 bits per heavy atom. The number of aryl methyl sites for hydroxylation is 1. The molecule has 1 fully saturated rings. The van der Waals surface area contributed by atoms with Crippen molar-refractivity contribution in [3.05, 3.63) is 51.9 Å². The molecule has 0 aliphatic carbocycles. The second-order valence-corrected chi connectivity index (χ2v) is 7.76. The molecule has 0 saturated carbocycles. The number of thiazole rings is 1. The zero-order chi connectivity index (χ0) is 18.8. The number of nitrogens with one attached hydrogen (secondary N) is 1. The first-order valence-electron chi connectivity index (χ1n) is 9.06. The molecule has 4 heterocycles. The average molecular weight is 386 g/mol. The summed E-state index contributed by atoms with van der Waals surface area (Å²) in [6, 6.07) is 0.00263. The van der Waals surface area contributed by atoms with E-state index in [4.69, 9.17) is 0 Å². The van der Waals surface area contributed by atoms with Crippen LogP contribution in [0.25, 0.3) is 4.96 Å². The zero-order valence-corrected chi connectivity index (χ0v) is 16.0. The van der Waals surface area contributed by atoms with Crippen molar-refractivity contribution in [1.82, 2.24) is 29.2 Å². The lowest BCUT2D eigenvalue weighted by molar-refractivity contribution is 0.0923. The number of aromatic nitrogens is 4. The Balaban J connectivity index is 1.46. The normalized spacial score (nSPS) is 18.5. The third kappa shape index (κ3) is 3.79. The molecule has 27 heavy (non-hydrogen) atoms. The topological polar surface area (TPSA) is 84.5 Å². The number of rotatable bonds is 4. The minimum Gasteiger partial charge on any atom is -0.348 e. The third-order valence-electron chi connectivity index (χ3n) is 4.96. The van der Waals surface area contributed by atoms with Crippen LogP contribution >= 0.6 is 11.3 Å². The number of likely N-dealkylation sites (tertiary alicyclic amines) is 1. The van der Waals surface area contributed by atoms with E-state index >= 15 is 0 Å². The molecule has 0 spiro atoms. The van der Waals surface area contributed by atoms with Gasteiger partial charge in [0, 0.05) is 49.8 Å². The van der Waals surface area contributed by atoms with Crippen LogP contribution in [0.4, 0.5) is 0 Å². The Labute approximate surface area is 160 Å². The van der Waals surface area contributed by atoms with Gasteiger partial charge in [-0.25, -0.2) is 9.97 Å². The van der Waals surface area contributed by atoms with Crippen LogP contribution in [-0.2, 0) is 13.6 Å². The lowest BCUT2D eigenvalue weighted by atomic mass is 10.1. The molecule has 0 unspecified atom stereocenters. The van der Waals surface area contributed by atoms with Crippen molar-refractivity contribution in [2.24, 2.45) is 7.05 Å². The maximum atomic E-state index is 12.7. The molecule has 1 atom stereocenters. The first-order valence-corrected chi connectivity index (χ1v) is 9.94. The van der Waals surface area contributed by atoms with E-state index in [1.165, 1.54) is 21.9 Å². The monoisotopic (exact) mass is 386 g/mol. The molecule has 0 bridgehead atoms. The van der Waals surface area contributed by atoms with Crippen molar-refractivity contribution in [1.29, 1.82) is 0 Å². The van der Waals surface area contributed by atoms with Gasteiger partial charge >= 0.3 is 0 Å². The Kier molecular flexibility index (Phi) is 5.04. The summed E-state index contributed by atoms with van der Waals surface area (Å²) in [4.78, 5) is 36.7. The lowest BCUT2D eigenvalue weighted by Crippen LogP contribution is -2.44. The fourth-order valence-electron chi connectivity index (χ4n) is 3.47. The molecule has 9 heteroatoms.